The van der Waals surface area contributed by atoms with E-state index in [-0.39, 0.29) is 18.0 Å². The van der Waals surface area contributed by atoms with Crippen LogP contribution in [0.25, 0.3) is 0 Å². The van der Waals surface area contributed by atoms with Gasteiger partial charge in [0.1, 0.15) is 0 Å². The van der Waals surface area contributed by atoms with Crippen LogP contribution in [0.2, 0.25) is 0 Å². The van der Waals surface area contributed by atoms with Crippen LogP contribution in [-0.4, -0.2) is 38.3 Å². The fraction of sp³-hybridized carbons (Fsp3) is 0.900. The number of ether oxygens (including phenoxy) is 1. The van der Waals surface area contributed by atoms with E-state index in [0.29, 0.717) is 6.61 Å². The van der Waals surface area contributed by atoms with Gasteiger partial charge in [0.25, 0.3) is 0 Å². The van der Waals surface area contributed by atoms with Crippen LogP contribution in [0, 0.1) is 0 Å². The van der Waals surface area contributed by atoms with Gasteiger partial charge >= 0.3 is 0 Å². The van der Waals surface area contributed by atoms with E-state index in [2.05, 4.69) is 17.6 Å². The molecule has 14 heavy (non-hydrogen) atoms. The van der Waals surface area contributed by atoms with E-state index in [1.54, 1.807) is 7.11 Å². The molecule has 2 unspecified atom stereocenters. The summed E-state index contributed by atoms with van der Waals surface area (Å²) in [6.45, 7) is 3.58. The molecule has 0 aromatic heterocycles. The fourth-order valence-corrected chi connectivity index (χ4v) is 1.70. The number of hydrogen-bond donors (Lipinski definition) is 2. The van der Waals surface area contributed by atoms with E-state index in [1.807, 2.05) is 0 Å². The van der Waals surface area contributed by atoms with E-state index in [0.717, 1.165) is 25.8 Å². The van der Waals surface area contributed by atoms with E-state index in [1.165, 1.54) is 0 Å². The summed E-state index contributed by atoms with van der Waals surface area (Å²) in [5.41, 5.74) is 0. The minimum absolute atomic E-state index is 0.0242. The molecule has 1 aliphatic heterocycles. The SMILES string of the molecule is CCC(COC)NC1CCCNC1=O. The number of amides is 1. The number of carbonyl (C=O) groups excluding carboxylic acids is 1. The highest BCUT2D eigenvalue weighted by atomic mass is 16.5. The smallest absolute Gasteiger partial charge is 0.237 e. The quantitative estimate of drug-likeness (QED) is 0.670. The minimum atomic E-state index is -0.0242. The molecule has 0 aliphatic carbocycles. The maximum atomic E-state index is 11.4. The largest absolute Gasteiger partial charge is 0.383 e. The Morgan fingerprint density at radius 3 is 3.07 bits per heavy atom. The van der Waals surface area contributed by atoms with E-state index in [4.69, 9.17) is 4.74 Å². The molecular formula is C10H20N2O2. The molecule has 1 rings (SSSR count). The molecule has 1 saturated heterocycles. The zero-order chi connectivity index (χ0) is 10.4. The number of methoxy groups -OCH3 is 1. The lowest BCUT2D eigenvalue weighted by Gasteiger charge is -2.27. The average molecular weight is 200 g/mol. The zero-order valence-electron chi connectivity index (χ0n) is 9.01. The third-order valence-corrected chi connectivity index (χ3v) is 2.58. The van der Waals surface area contributed by atoms with Gasteiger partial charge in [-0.05, 0) is 19.3 Å². The van der Waals surface area contributed by atoms with Crippen LogP contribution in [0.4, 0.5) is 0 Å². The molecule has 4 nitrogen and oxygen atoms in total. The normalized spacial score (nSPS) is 24.4. The second-order valence-electron chi connectivity index (χ2n) is 3.71. The van der Waals surface area contributed by atoms with E-state index < -0.39 is 0 Å². The molecule has 0 saturated carbocycles. The van der Waals surface area contributed by atoms with Crippen molar-refractivity contribution in [1.29, 1.82) is 0 Å². The molecule has 82 valence electrons. The first kappa shape index (κ1) is 11.5. The number of piperidine rings is 1. The van der Waals surface area contributed by atoms with Crippen molar-refractivity contribution in [3.63, 3.8) is 0 Å². The Labute approximate surface area is 85.4 Å². The number of carbonyl (C=O) groups is 1. The van der Waals surface area contributed by atoms with Gasteiger partial charge in [0, 0.05) is 19.7 Å². The number of nitrogens with one attached hydrogen (secondary N) is 2. The Balaban J connectivity index is 2.35. The van der Waals surface area contributed by atoms with Crippen LogP contribution in [-0.2, 0) is 9.53 Å². The third-order valence-electron chi connectivity index (χ3n) is 2.58. The predicted octanol–water partition coefficient (Wildman–Crippen LogP) is 0.280. The topological polar surface area (TPSA) is 50.4 Å². The first-order valence-corrected chi connectivity index (χ1v) is 5.30. The second-order valence-corrected chi connectivity index (χ2v) is 3.71. The van der Waals surface area contributed by atoms with E-state index >= 15 is 0 Å². The first-order chi connectivity index (χ1) is 6.77. The summed E-state index contributed by atoms with van der Waals surface area (Å²) in [5.74, 6) is 0.130. The molecule has 0 spiro atoms. The van der Waals surface area contributed by atoms with Gasteiger partial charge in [-0.2, -0.15) is 0 Å². The first-order valence-electron chi connectivity index (χ1n) is 5.30. The molecule has 1 amide bonds. The van der Waals surface area contributed by atoms with Crippen molar-refractivity contribution < 1.29 is 9.53 Å². The lowest BCUT2D eigenvalue weighted by Crippen LogP contribution is -2.52. The number of hydrogen-bond acceptors (Lipinski definition) is 3. The van der Waals surface area contributed by atoms with Gasteiger partial charge in [0.2, 0.25) is 5.91 Å². The highest BCUT2D eigenvalue weighted by Gasteiger charge is 2.23. The Morgan fingerprint density at radius 2 is 2.50 bits per heavy atom. The monoisotopic (exact) mass is 200 g/mol. The van der Waals surface area contributed by atoms with Crippen molar-refractivity contribution in [2.45, 2.75) is 38.3 Å². The lowest BCUT2D eigenvalue weighted by molar-refractivity contribution is -0.124. The minimum Gasteiger partial charge on any atom is -0.383 e. The average Bonchev–Trinajstić information content (AvgIpc) is 2.20. The van der Waals surface area contributed by atoms with Crippen molar-refractivity contribution in [1.82, 2.24) is 10.6 Å². The molecule has 1 aliphatic rings. The van der Waals surface area contributed by atoms with Crippen LogP contribution in [0.5, 0.6) is 0 Å². The molecule has 2 N–H and O–H groups in total. The van der Waals surface area contributed by atoms with Crippen LogP contribution >= 0.6 is 0 Å². The maximum Gasteiger partial charge on any atom is 0.237 e. The van der Waals surface area contributed by atoms with Crippen LogP contribution in [0.1, 0.15) is 26.2 Å². The zero-order valence-corrected chi connectivity index (χ0v) is 9.01. The summed E-state index contributed by atoms with van der Waals surface area (Å²) in [5, 5.41) is 6.18. The van der Waals surface area contributed by atoms with Crippen LogP contribution in [0.15, 0.2) is 0 Å². The molecule has 1 fully saturated rings. The van der Waals surface area contributed by atoms with Gasteiger partial charge < -0.3 is 15.4 Å². The Hall–Kier alpha value is -0.610. The summed E-state index contributed by atoms with van der Waals surface area (Å²) >= 11 is 0. The highest BCUT2D eigenvalue weighted by Crippen LogP contribution is 2.05. The van der Waals surface area contributed by atoms with Gasteiger partial charge in [-0.25, -0.2) is 0 Å². The Kier molecular flexibility index (Phi) is 4.90. The van der Waals surface area contributed by atoms with Crippen molar-refractivity contribution in [3.8, 4) is 0 Å². The van der Waals surface area contributed by atoms with Gasteiger partial charge in [-0.15, -0.1) is 0 Å². The lowest BCUT2D eigenvalue weighted by atomic mass is 10.1. The number of rotatable bonds is 5. The molecule has 4 heteroatoms. The summed E-state index contributed by atoms with van der Waals surface area (Å²) in [7, 11) is 1.69. The van der Waals surface area contributed by atoms with Crippen LogP contribution in [0.3, 0.4) is 0 Å². The highest BCUT2D eigenvalue weighted by molar-refractivity contribution is 5.82. The van der Waals surface area contributed by atoms with Gasteiger partial charge in [0.05, 0.1) is 12.6 Å². The molecule has 0 aromatic rings. The van der Waals surface area contributed by atoms with Crippen molar-refractivity contribution in [2.24, 2.45) is 0 Å². The molecule has 0 aromatic carbocycles. The molecular weight excluding hydrogens is 180 g/mol. The van der Waals surface area contributed by atoms with Crippen molar-refractivity contribution in [2.75, 3.05) is 20.3 Å². The molecule has 2 atom stereocenters. The molecule has 0 radical (unpaired) electrons. The van der Waals surface area contributed by atoms with Gasteiger partial charge in [-0.1, -0.05) is 6.92 Å². The van der Waals surface area contributed by atoms with Gasteiger partial charge in [0.15, 0.2) is 0 Å². The summed E-state index contributed by atoms with van der Waals surface area (Å²) in [6, 6.07) is 0.262. The Morgan fingerprint density at radius 1 is 1.71 bits per heavy atom. The van der Waals surface area contributed by atoms with E-state index in [9.17, 15) is 4.79 Å². The molecule has 1 heterocycles. The third kappa shape index (κ3) is 3.27. The standard InChI is InChI=1S/C10H20N2O2/c1-3-8(7-14-2)12-9-5-4-6-11-10(9)13/h8-9,12H,3-7H2,1-2H3,(H,11,13). The predicted molar refractivity (Wildman–Crippen MR) is 55.1 cm³/mol. The molecule has 0 bridgehead atoms. The fourth-order valence-electron chi connectivity index (χ4n) is 1.70. The summed E-state index contributed by atoms with van der Waals surface area (Å²) in [4.78, 5) is 11.4. The maximum absolute atomic E-state index is 11.4. The van der Waals surface area contributed by atoms with Gasteiger partial charge in [-0.3, -0.25) is 4.79 Å². The summed E-state index contributed by atoms with van der Waals surface area (Å²) < 4.78 is 5.08. The summed E-state index contributed by atoms with van der Waals surface area (Å²) in [6.07, 6.45) is 2.98. The van der Waals surface area contributed by atoms with Crippen LogP contribution < -0.4 is 10.6 Å². The van der Waals surface area contributed by atoms with Crippen molar-refractivity contribution >= 4 is 5.91 Å². The second kappa shape index (κ2) is 5.98. The Bertz CT molecular complexity index is 185. The van der Waals surface area contributed by atoms with Crippen molar-refractivity contribution in [3.05, 3.63) is 0 Å².